The van der Waals surface area contributed by atoms with E-state index in [1.807, 2.05) is 36.4 Å². The van der Waals surface area contributed by atoms with Crippen LogP contribution in [0, 0.1) is 11.5 Å². The number of hydrogen-bond donors (Lipinski definition) is 3. The summed E-state index contributed by atoms with van der Waals surface area (Å²) >= 11 is 0. The first-order valence-electron chi connectivity index (χ1n) is 16.7. The molecule has 0 spiro atoms. The third-order valence-corrected chi connectivity index (χ3v) is 9.63. The van der Waals surface area contributed by atoms with E-state index >= 15 is 0 Å². The molecule has 2 fully saturated rings. The van der Waals surface area contributed by atoms with Crippen LogP contribution in [0.3, 0.4) is 0 Å². The summed E-state index contributed by atoms with van der Waals surface area (Å²) in [4.78, 5) is 59.2. The van der Waals surface area contributed by atoms with E-state index in [0.29, 0.717) is 17.1 Å². The second kappa shape index (κ2) is 13.5. The van der Waals surface area contributed by atoms with E-state index < -0.39 is 29.7 Å². The molecular weight excluding hydrogens is 650 g/mol. The van der Waals surface area contributed by atoms with Crippen LogP contribution in [0.15, 0.2) is 79.0 Å². The molecule has 1 saturated carbocycles. The van der Waals surface area contributed by atoms with Crippen LogP contribution in [0.1, 0.15) is 77.1 Å². The molecule has 0 unspecified atom stereocenters. The highest BCUT2D eigenvalue weighted by molar-refractivity contribution is 6.23. The minimum atomic E-state index is -0.990. The summed E-state index contributed by atoms with van der Waals surface area (Å²) in [6, 6.07) is 22.0. The molecule has 0 radical (unpaired) electrons. The van der Waals surface area contributed by atoms with Crippen LogP contribution in [0.2, 0.25) is 0 Å². The normalized spacial score (nSPS) is 19.8. The van der Waals surface area contributed by atoms with Crippen molar-refractivity contribution in [3.05, 3.63) is 107 Å². The van der Waals surface area contributed by atoms with Gasteiger partial charge in [-0.25, -0.2) is 9.97 Å². The lowest BCUT2D eigenvalue weighted by molar-refractivity contribution is -0.136. The summed E-state index contributed by atoms with van der Waals surface area (Å²) < 4.78 is 12.1. The largest absolute Gasteiger partial charge is 0.490 e. The molecule has 1 atom stereocenters. The fourth-order valence-corrected chi connectivity index (χ4v) is 6.60. The van der Waals surface area contributed by atoms with E-state index in [2.05, 4.69) is 51.9 Å². The number of amides is 4. The zero-order valence-corrected chi connectivity index (χ0v) is 28.0. The van der Waals surface area contributed by atoms with E-state index in [0.717, 1.165) is 34.6 Å². The Bertz CT molecular complexity index is 2050. The van der Waals surface area contributed by atoms with Crippen LogP contribution >= 0.6 is 0 Å². The second-order valence-corrected chi connectivity index (χ2v) is 13.3. The lowest BCUT2D eigenvalue weighted by Gasteiger charge is -2.36. The molecule has 258 valence electrons. The van der Waals surface area contributed by atoms with Crippen LogP contribution in [0.25, 0.3) is 0 Å². The topological polar surface area (TPSA) is 176 Å². The number of anilines is 2. The van der Waals surface area contributed by atoms with Crippen molar-refractivity contribution in [1.82, 2.24) is 20.2 Å². The minimum absolute atomic E-state index is 0.0334. The fraction of sp³-hybridized carbons (Fsp3) is 0.289. The van der Waals surface area contributed by atoms with Gasteiger partial charge in [0.2, 0.25) is 17.8 Å². The first kappa shape index (κ1) is 33.2. The Labute approximate surface area is 294 Å². The van der Waals surface area contributed by atoms with Gasteiger partial charge >= 0.3 is 0 Å². The molecule has 13 nitrogen and oxygen atoms in total. The maximum atomic E-state index is 13.2. The van der Waals surface area contributed by atoms with Gasteiger partial charge in [-0.15, -0.1) is 0 Å². The molecule has 3 heterocycles. The van der Waals surface area contributed by atoms with Gasteiger partial charge in [-0.05, 0) is 66.1 Å². The summed E-state index contributed by atoms with van der Waals surface area (Å²) in [6.45, 7) is 4.58. The standard InChI is InChI=1S/C38H35N7O6/c1-38(2,22-3-8-27(9-4-22)50-20-25-15-16-40-37(43-25)41-21-39)23-5-10-28(11-6-23)51-29-17-26(18-29)42-24-7-12-30-31(19-24)36(49)45(35(30)48)32-13-14-33(46)44-34(32)47/h3-12,15-16,19,26,29,32,42H,13-14,17-18,20H2,1-2H3,(H,40,41,43)(H,44,46,47)/t26?,29?,32-/m0/s1. The summed E-state index contributed by atoms with van der Waals surface area (Å²) in [5, 5.41) is 16.8. The van der Waals surface area contributed by atoms with Gasteiger partial charge in [0.05, 0.1) is 16.8 Å². The molecule has 3 aromatic carbocycles. The lowest BCUT2D eigenvalue weighted by atomic mass is 9.78. The van der Waals surface area contributed by atoms with Gasteiger partial charge in [-0.1, -0.05) is 38.1 Å². The van der Waals surface area contributed by atoms with Crippen molar-refractivity contribution in [1.29, 1.82) is 5.26 Å². The predicted octanol–water partition coefficient (Wildman–Crippen LogP) is 4.70. The fourth-order valence-electron chi connectivity index (χ4n) is 6.60. The van der Waals surface area contributed by atoms with Crippen LogP contribution in [-0.2, 0) is 21.6 Å². The van der Waals surface area contributed by atoms with Crippen molar-refractivity contribution < 1.29 is 28.7 Å². The molecule has 51 heavy (non-hydrogen) atoms. The Morgan fingerprint density at radius 1 is 0.922 bits per heavy atom. The number of piperidine rings is 1. The van der Waals surface area contributed by atoms with Crippen molar-refractivity contribution in [2.24, 2.45) is 0 Å². The molecular formula is C38H35N7O6. The van der Waals surface area contributed by atoms with Crippen LogP contribution in [0.4, 0.5) is 11.6 Å². The van der Waals surface area contributed by atoms with E-state index in [9.17, 15) is 19.2 Å². The molecule has 2 aliphatic heterocycles. The number of carbonyl (C=O) groups excluding carboxylic acids is 4. The van der Waals surface area contributed by atoms with E-state index in [1.165, 1.54) is 0 Å². The second-order valence-electron chi connectivity index (χ2n) is 13.3. The highest BCUT2D eigenvalue weighted by atomic mass is 16.5. The number of fused-ring (bicyclic) bond motifs is 1. The number of ether oxygens (including phenoxy) is 2. The van der Waals surface area contributed by atoms with Crippen molar-refractivity contribution in [2.75, 3.05) is 10.6 Å². The van der Waals surface area contributed by atoms with Gasteiger partial charge in [0.1, 0.15) is 30.3 Å². The quantitative estimate of drug-likeness (QED) is 0.113. The summed E-state index contributed by atoms with van der Waals surface area (Å²) in [7, 11) is 0. The number of hydrogen-bond acceptors (Lipinski definition) is 11. The lowest BCUT2D eigenvalue weighted by Crippen LogP contribution is -2.54. The number of carbonyl (C=O) groups is 4. The molecule has 3 N–H and O–H groups in total. The van der Waals surface area contributed by atoms with Crippen LogP contribution in [-0.4, -0.2) is 56.7 Å². The Kier molecular flexibility index (Phi) is 8.83. The summed E-state index contributed by atoms with van der Waals surface area (Å²) in [6.07, 6.45) is 5.14. The maximum absolute atomic E-state index is 13.2. The highest BCUT2D eigenvalue weighted by Gasteiger charge is 2.44. The molecule has 4 aromatic rings. The van der Waals surface area contributed by atoms with E-state index in [-0.39, 0.29) is 54.1 Å². The van der Waals surface area contributed by atoms with E-state index in [1.54, 1.807) is 36.7 Å². The van der Waals surface area contributed by atoms with Crippen molar-refractivity contribution >= 4 is 35.3 Å². The van der Waals surface area contributed by atoms with Gasteiger partial charge in [-0.2, -0.15) is 5.26 Å². The molecule has 3 aliphatic rings. The Hall–Kier alpha value is -6.29. The maximum Gasteiger partial charge on any atom is 0.262 e. The Morgan fingerprint density at radius 2 is 1.61 bits per heavy atom. The average Bonchev–Trinajstić information content (AvgIpc) is 3.35. The molecule has 0 bridgehead atoms. The van der Waals surface area contributed by atoms with Crippen LogP contribution in [0.5, 0.6) is 11.5 Å². The van der Waals surface area contributed by atoms with Crippen molar-refractivity contribution in [3.8, 4) is 17.7 Å². The first-order valence-corrected chi connectivity index (χ1v) is 16.7. The highest BCUT2D eigenvalue weighted by Crippen LogP contribution is 2.36. The molecule has 1 saturated heterocycles. The number of benzene rings is 3. The van der Waals surface area contributed by atoms with Gasteiger partial charge in [-0.3, -0.25) is 34.7 Å². The number of nitriles is 1. The zero-order chi connectivity index (χ0) is 35.7. The first-order chi connectivity index (χ1) is 24.6. The van der Waals surface area contributed by atoms with Gasteiger partial charge in [0, 0.05) is 42.6 Å². The number of nitrogens with one attached hydrogen (secondary N) is 3. The van der Waals surface area contributed by atoms with Crippen molar-refractivity contribution in [3.63, 3.8) is 0 Å². The predicted molar refractivity (Wildman–Crippen MR) is 185 cm³/mol. The van der Waals surface area contributed by atoms with Gasteiger partial charge < -0.3 is 14.8 Å². The number of imide groups is 2. The number of aromatic nitrogens is 2. The smallest absolute Gasteiger partial charge is 0.262 e. The molecule has 1 aliphatic carbocycles. The zero-order valence-electron chi connectivity index (χ0n) is 28.0. The summed E-state index contributed by atoms with van der Waals surface area (Å²) in [5.41, 5.74) is 3.86. The van der Waals surface area contributed by atoms with E-state index in [4.69, 9.17) is 14.7 Å². The monoisotopic (exact) mass is 685 g/mol. The molecule has 4 amide bonds. The van der Waals surface area contributed by atoms with Crippen LogP contribution < -0.4 is 25.4 Å². The minimum Gasteiger partial charge on any atom is -0.490 e. The van der Waals surface area contributed by atoms with Gasteiger partial charge in [0.25, 0.3) is 11.8 Å². The molecule has 7 rings (SSSR count). The Morgan fingerprint density at radius 3 is 2.29 bits per heavy atom. The van der Waals surface area contributed by atoms with Gasteiger partial charge in [0.15, 0.2) is 6.19 Å². The summed E-state index contributed by atoms with van der Waals surface area (Å²) in [5.74, 6) is -0.356. The number of rotatable bonds is 11. The third-order valence-electron chi connectivity index (χ3n) is 9.63. The Balaban J connectivity index is 0.899. The number of nitrogens with zero attached hydrogens (tertiary/aromatic N) is 4. The molecule has 1 aromatic heterocycles. The SMILES string of the molecule is CC(C)(c1ccc(OCc2ccnc(NC#N)n2)cc1)c1ccc(OC2CC(Nc3ccc4c(c3)C(=O)N([C@H]3CCC(=O)NC3=O)C4=O)C2)cc1. The molecule has 13 heteroatoms. The average molecular weight is 686 g/mol. The van der Waals surface area contributed by atoms with Crippen molar-refractivity contribution in [2.45, 2.75) is 69.7 Å². The third kappa shape index (κ3) is 6.81.